The Bertz CT molecular complexity index is 795. The molecule has 0 saturated carbocycles. The summed E-state index contributed by atoms with van der Waals surface area (Å²) in [6.07, 6.45) is 0. The molecule has 0 saturated heterocycles. The average molecular weight is 302 g/mol. The molecule has 8 heteroatoms. The number of carbonyl (C=O) groups excluding carboxylic acids is 1. The van der Waals surface area contributed by atoms with E-state index in [1.165, 1.54) is 36.4 Å². The van der Waals surface area contributed by atoms with Gasteiger partial charge in [0.25, 0.3) is 15.9 Å². The third-order valence-electron chi connectivity index (χ3n) is 2.57. The van der Waals surface area contributed by atoms with Crippen LogP contribution >= 0.6 is 0 Å². The highest BCUT2D eigenvalue weighted by molar-refractivity contribution is 7.90. The topological polar surface area (TPSA) is 112 Å². The minimum Gasteiger partial charge on any atom is -0.268 e. The minimum absolute atomic E-state index is 0.0938. The Kier molecular flexibility index (Phi) is 4.22. The van der Waals surface area contributed by atoms with E-state index in [0.717, 1.165) is 0 Å². The molecule has 106 valence electrons. The van der Waals surface area contributed by atoms with Crippen molar-refractivity contribution in [2.24, 2.45) is 5.11 Å². The molecule has 0 bridgehead atoms. The lowest BCUT2D eigenvalue weighted by atomic mass is 10.2. The van der Waals surface area contributed by atoms with E-state index in [0.29, 0.717) is 0 Å². The van der Waals surface area contributed by atoms with Crippen molar-refractivity contribution in [3.63, 3.8) is 0 Å². The lowest BCUT2D eigenvalue weighted by Crippen LogP contribution is -2.30. The fourth-order valence-corrected chi connectivity index (χ4v) is 2.55. The van der Waals surface area contributed by atoms with Gasteiger partial charge in [-0.1, -0.05) is 35.4 Å². The number of sulfonamides is 1. The zero-order chi connectivity index (χ0) is 15.3. The quantitative estimate of drug-likeness (QED) is 0.532. The van der Waals surface area contributed by atoms with Gasteiger partial charge in [-0.2, -0.15) is 0 Å². The number of hydrogen-bond acceptors (Lipinski definition) is 4. The molecule has 0 radical (unpaired) electrons. The van der Waals surface area contributed by atoms with Gasteiger partial charge in [-0.25, -0.2) is 13.1 Å². The van der Waals surface area contributed by atoms with Gasteiger partial charge < -0.3 is 0 Å². The van der Waals surface area contributed by atoms with Gasteiger partial charge in [0.05, 0.1) is 4.90 Å². The second-order valence-electron chi connectivity index (χ2n) is 3.98. The molecule has 2 aromatic carbocycles. The van der Waals surface area contributed by atoms with Crippen molar-refractivity contribution in [3.05, 3.63) is 70.6 Å². The highest BCUT2D eigenvalue weighted by Crippen LogP contribution is 2.16. The molecule has 0 heterocycles. The molecule has 0 spiro atoms. The lowest BCUT2D eigenvalue weighted by molar-refractivity contribution is 0.0981. The van der Waals surface area contributed by atoms with Crippen LogP contribution in [0, 0.1) is 0 Å². The zero-order valence-corrected chi connectivity index (χ0v) is 11.5. The van der Waals surface area contributed by atoms with Crippen molar-refractivity contribution >= 4 is 21.6 Å². The Morgan fingerprint density at radius 2 is 1.67 bits per heavy atom. The fraction of sp³-hybridized carbons (Fsp3) is 0. The Hall–Kier alpha value is -2.83. The van der Waals surface area contributed by atoms with E-state index in [9.17, 15) is 13.2 Å². The van der Waals surface area contributed by atoms with Crippen molar-refractivity contribution in [3.8, 4) is 0 Å². The molecule has 7 nitrogen and oxygen atoms in total. The highest BCUT2D eigenvalue weighted by Gasteiger charge is 2.18. The summed E-state index contributed by atoms with van der Waals surface area (Å²) in [4.78, 5) is 14.3. The molecule has 0 aliphatic rings. The maximum atomic E-state index is 12.0. The second kappa shape index (κ2) is 6.08. The van der Waals surface area contributed by atoms with Gasteiger partial charge >= 0.3 is 0 Å². The Morgan fingerprint density at radius 3 is 2.24 bits per heavy atom. The van der Waals surface area contributed by atoms with Crippen LogP contribution in [0.2, 0.25) is 0 Å². The molecule has 0 aromatic heterocycles. The third kappa shape index (κ3) is 3.59. The maximum absolute atomic E-state index is 12.0. The van der Waals surface area contributed by atoms with Crippen LogP contribution in [0.25, 0.3) is 10.4 Å². The van der Waals surface area contributed by atoms with Gasteiger partial charge in [-0.05, 0) is 29.8 Å². The van der Waals surface area contributed by atoms with E-state index in [4.69, 9.17) is 5.53 Å². The van der Waals surface area contributed by atoms with Gasteiger partial charge in [0.2, 0.25) is 0 Å². The van der Waals surface area contributed by atoms with Gasteiger partial charge in [0.1, 0.15) is 0 Å². The minimum atomic E-state index is -3.97. The standard InChI is InChI=1S/C13H10N4O3S/c14-17-15-11-6-8-12(9-7-11)21(19,20)16-13(18)10-4-2-1-3-5-10/h1-9H,(H,16,18). The zero-order valence-electron chi connectivity index (χ0n) is 10.7. The van der Waals surface area contributed by atoms with Crippen molar-refractivity contribution in [1.82, 2.24) is 4.72 Å². The summed E-state index contributed by atoms with van der Waals surface area (Å²) >= 11 is 0. The predicted molar refractivity (Wildman–Crippen MR) is 76.3 cm³/mol. The van der Waals surface area contributed by atoms with Crippen LogP contribution in [-0.2, 0) is 10.0 Å². The number of amides is 1. The van der Waals surface area contributed by atoms with Crippen LogP contribution in [0.3, 0.4) is 0 Å². The molecule has 0 aliphatic heterocycles. The number of nitrogens with one attached hydrogen (secondary N) is 1. The van der Waals surface area contributed by atoms with Crippen LogP contribution < -0.4 is 4.72 Å². The van der Waals surface area contributed by atoms with Crippen LogP contribution in [0.15, 0.2) is 64.6 Å². The molecule has 2 rings (SSSR count). The summed E-state index contributed by atoms with van der Waals surface area (Å²) in [5, 5.41) is 3.34. The van der Waals surface area contributed by atoms with E-state index in [1.807, 2.05) is 4.72 Å². The predicted octanol–water partition coefficient (Wildman–Crippen LogP) is 2.75. The number of hydrogen-bond donors (Lipinski definition) is 1. The Morgan fingerprint density at radius 1 is 1.05 bits per heavy atom. The SMILES string of the molecule is [N-]=[N+]=Nc1ccc(S(=O)(=O)NC(=O)c2ccccc2)cc1. The van der Waals surface area contributed by atoms with Crippen molar-refractivity contribution in [1.29, 1.82) is 0 Å². The van der Waals surface area contributed by atoms with Gasteiger partial charge in [-0.15, -0.1) is 0 Å². The van der Waals surface area contributed by atoms with E-state index in [2.05, 4.69) is 10.0 Å². The van der Waals surface area contributed by atoms with E-state index >= 15 is 0 Å². The summed E-state index contributed by atoms with van der Waals surface area (Å²) in [5.74, 6) is -0.713. The molecule has 0 fully saturated rings. The Labute approximate surface area is 120 Å². The first kappa shape index (κ1) is 14.6. The number of nitrogens with zero attached hydrogens (tertiary/aromatic N) is 3. The van der Waals surface area contributed by atoms with Crippen LogP contribution in [-0.4, -0.2) is 14.3 Å². The van der Waals surface area contributed by atoms with E-state index in [-0.39, 0.29) is 16.1 Å². The molecule has 2 aromatic rings. The Balaban J connectivity index is 2.22. The first-order valence-electron chi connectivity index (χ1n) is 5.80. The van der Waals surface area contributed by atoms with Crippen molar-refractivity contribution in [2.45, 2.75) is 4.90 Å². The first-order chi connectivity index (χ1) is 10.0. The normalized spacial score (nSPS) is 10.5. The first-order valence-corrected chi connectivity index (χ1v) is 7.28. The largest absolute Gasteiger partial charge is 0.268 e. The maximum Gasteiger partial charge on any atom is 0.264 e. The molecule has 0 unspecified atom stereocenters. The molecular weight excluding hydrogens is 292 g/mol. The lowest BCUT2D eigenvalue weighted by Gasteiger charge is -2.07. The molecular formula is C13H10N4O3S. The monoisotopic (exact) mass is 302 g/mol. The fourth-order valence-electron chi connectivity index (χ4n) is 1.57. The molecule has 0 aliphatic carbocycles. The number of benzene rings is 2. The number of rotatable bonds is 4. The molecule has 0 atom stereocenters. The summed E-state index contributed by atoms with van der Waals surface area (Å²) in [7, 11) is -3.97. The van der Waals surface area contributed by atoms with Crippen LogP contribution in [0.4, 0.5) is 5.69 Å². The van der Waals surface area contributed by atoms with Crippen LogP contribution in [0.5, 0.6) is 0 Å². The highest BCUT2D eigenvalue weighted by atomic mass is 32.2. The summed E-state index contributed by atoms with van der Waals surface area (Å²) in [5.41, 5.74) is 8.80. The number of azide groups is 1. The molecule has 1 N–H and O–H groups in total. The average Bonchev–Trinajstić information content (AvgIpc) is 2.48. The van der Waals surface area contributed by atoms with Gasteiger partial charge in [0.15, 0.2) is 0 Å². The summed E-state index contributed by atoms with van der Waals surface area (Å²) in [6, 6.07) is 13.2. The van der Waals surface area contributed by atoms with Crippen LogP contribution in [0.1, 0.15) is 10.4 Å². The van der Waals surface area contributed by atoms with E-state index < -0.39 is 15.9 Å². The molecule has 21 heavy (non-hydrogen) atoms. The van der Waals surface area contributed by atoms with Crippen molar-refractivity contribution in [2.75, 3.05) is 0 Å². The number of carbonyl (C=O) groups is 1. The second-order valence-corrected chi connectivity index (χ2v) is 5.67. The van der Waals surface area contributed by atoms with E-state index in [1.54, 1.807) is 18.2 Å². The summed E-state index contributed by atoms with van der Waals surface area (Å²) in [6.45, 7) is 0. The third-order valence-corrected chi connectivity index (χ3v) is 3.92. The molecule has 1 amide bonds. The summed E-state index contributed by atoms with van der Waals surface area (Å²) < 4.78 is 26.1. The smallest absolute Gasteiger partial charge is 0.264 e. The van der Waals surface area contributed by atoms with Crippen molar-refractivity contribution < 1.29 is 13.2 Å². The van der Waals surface area contributed by atoms with Gasteiger partial charge in [-0.3, -0.25) is 4.79 Å². The van der Waals surface area contributed by atoms with Gasteiger partial charge in [0, 0.05) is 16.2 Å².